The molecule has 0 aliphatic carbocycles. The van der Waals surface area contributed by atoms with E-state index >= 15 is 0 Å². The molecule has 0 radical (unpaired) electrons. The van der Waals surface area contributed by atoms with Crippen LogP contribution in [0.3, 0.4) is 0 Å². The van der Waals surface area contributed by atoms with Crippen molar-refractivity contribution < 1.29 is 14.3 Å². The number of carbonyl (C=O) groups is 2. The Balaban J connectivity index is 1.84. The molecular weight excluding hydrogens is 278 g/mol. The van der Waals surface area contributed by atoms with E-state index in [2.05, 4.69) is 15.2 Å². The molecule has 0 atom stereocenters. The zero-order valence-corrected chi connectivity index (χ0v) is 12.0. The highest BCUT2D eigenvalue weighted by Gasteiger charge is 2.24. The number of rotatable bonds is 2. The largest absolute Gasteiger partial charge is 0.378 e. The maximum atomic E-state index is 11.6. The molecule has 2 fully saturated rings. The molecule has 106 valence electrons. The number of thiazole rings is 1. The van der Waals surface area contributed by atoms with E-state index in [1.165, 1.54) is 0 Å². The number of ether oxygens (including phenoxy) is 1. The summed E-state index contributed by atoms with van der Waals surface area (Å²) in [6, 6.07) is 0. The maximum Gasteiger partial charge on any atom is 0.254 e. The van der Waals surface area contributed by atoms with Crippen LogP contribution in [-0.4, -0.2) is 43.1 Å². The van der Waals surface area contributed by atoms with Gasteiger partial charge in [-0.05, 0) is 13.0 Å². The Hall–Kier alpha value is -1.73. The zero-order chi connectivity index (χ0) is 14.1. The summed E-state index contributed by atoms with van der Waals surface area (Å²) in [5, 5.41) is 3.23. The van der Waals surface area contributed by atoms with Gasteiger partial charge in [-0.3, -0.25) is 14.9 Å². The van der Waals surface area contributed by atoms with E-state index in [1.54, 1.807) is 17.4 Å². The highest BCUT2D eigenvalue weighted by Crippen LogP contribution is 2.29. The molecule has 0 saturated carbocycles. The predicted octanol–water partition coefficient (Wildman–Crippen LogP) is 0.718. The van der Waals surface area contributed by atoms with E-state index in [9.17, 15) is 9.59 Å². The molecule has 6 nitrogen and oxygen atoms in total. The van der Waals surface area contributed by atoms with Crippen LogP contribution in [0.25, 0.3) is 6.08 Å². The van der Waals surface area contributed by atoms with Crippen molar-refractivity contribution in [2.45, 2.75) is 13.3 Å². The van der Waals surface area contributed by atoms with Crippen LogP contribution in [0.4, 0.5) is 5.13 Å². The van der Waals surface area contributed by atoms with Gasteiger partial charge in [-0.2, -0.15) is 0 Å². The number of anilines is 1. The van der Waals surface area contributed by atoms with Crippen LogP contribution in [0, 0.1) is 6.92 Å². The number of aromatic nitrogens is 1. The molecule has 20 heavy (non-hydrogen) atoms. The van der Waals surface area contributed by atoms with Crippen molar-refractivity contribution in [3.05, 3.63) is 16.1 Å². The molecule has 1 aromatic heterocycles. The monoisotopic (exact) mass is 293 g/mol. The van der Waals surface area contributed by atoms with Crippen LogP contribution in [-0.2, 0) is 14.3 Å². The minimum Gasteiger partial charge on any atom is -0.378 e. The van der Waals surface area contributed by atoms with E-state index in [1.807, 2.05) is 6.92 Å². The molecule has 0 spiro atoms. The Labute approximate surface area is 120 Å². The summed E-state index contributed by atoms with van der Waals surface area (Å²) >= 11 is 1.55. The molecule has 7 heteroatoms. The first-order valence-electron chi connectivity index (χ1n) is 6.48. The Kier molecular flexibility index (Phi) is 3.54. The summed E-state index contributed by atoms with van der Waals surface area (Å²) in [7, 11) is 0. The van der Waals surface area contributed by atoms with Crippen molar-refractivity contribution in [3.8, 4) is 0 Å². The maximum absolute atomic E-state index is 11.6. The fourth-order valence-electron chi connectivity index (χ4n) is 2.20. The van der Waals surface area contributed by atoms with Crippen LogP contribution in [0.5, 0.6) is 0 Å². The lowest BCUT2D eigenvalue weighted by Gasteiger charge is -2.25. The SMILES string of the molecule is Cc1nc(N2CCOCC2)sc1C=C1CC(=O)NC1=O. The Morgan fingerprint density at radius 1 is 1.35 bits per heavy atom. The summed E-state index contributed by atoms with van der Waals surface area (Å²) in [5.74, 6) is -0.535. The first-order chi connectivity index (χ1) is 9.63. The van der Waals surface area contributed by atoms with Gasteiger partial charge in [-0.15, -0.1) is 0 Å². The molecule has 0 bridgehead atoms. The van der Waals surface area contributed by atoms with Crippen molar-refractivity contribution in [2.24, 2.45) is 0 Å². The third kappa shape index (κ3) is 2.59. The number of carbonyl (C=O) groups excluding carboxylic acids is 2. The number of imide groups is 1. The molecular formula is C13H15N3O3S. The topological polar surface area (TPSA) is 71.5 Å². The molecule has 2 saturated heterocycles. The van der Waals surface area contributed by atoms with Gasteiger partial charge >= 0.3 is 0 Å². The number of hydrogen-bond acceptors (Lipinski definition) is 6. The second-order valence-electron chi connectivity index (χ2n) is 4.77. The van der Waals surface area contributed by atoms with Crippen molar-refractivity contribution in [2.75, 3.05) is 31.2 Å². The molecule has 3 heterocycles. The average Bonchev–Trinajstić information content (AvgIpc) is 2.95. The molecule has 3 rings (SSSR count). The van der Waals surface area contributed by atoms with Crippen LogP contribution in [0.2, 0.25) is 0 Å². The number of aryl methyl sites for hydroxylation is 1. The van der Waals surface area contributed by atoms with Crippen LogP contribution >= 0.6 is 11.3 Å². The minimum absolute atomic E-state index is 0.156. The van der Waals surface area contributed by atoms with E-state index < -0.39 is 0 Å². The number of amides is 2. The third-order valence-electron chi connectivity index (χ3n) is 3.30. The first kappa shape index (κ1) is 13.3. The van der Waals surface area contributed by atoms with Gasteiger partial charge in [0.25, 0.3) is 5.91 Å². The Bertz CT molecular complexity index is 588. The molecule has 0 aromatic carbocycles. The van der Waals surface area contributed by atoms with E-state index in [4.69, 9.17) is 4.74 Å². The summed E-state index contributed by atoms with van der Waals surface area (Å²) < 4.78 is 5.32. The van der Waals surface area contributed by atoms with Crippen LogP contribution < -0.4 is 10.2 Å². The lowest BCUT2D eigenvalue weighted by molar-refractivity contribution is -0.124. The molecule has 1 aromatic rings. The van der Waals surface area contributed by atoms with Gasteiger partial charge in [0.15, 0.2) is 5.13 Å². The Morgan fingerprint density at radius 3 is 2.75 bits per heavy atom. The first-order valence-corrected chi connectivity index (χ1v) is 7.30. The van der Waals surface area contributed by atoms with Gasteiger partial charge in [0.05, 0.1) is 30.2 Å². The minimum atomic E-state index is -0.296. The second kappa shape index (κ2) is 5.34. The van der Waals surface area contributed by atoms with E-state index in [0.717, 1.165) is 28.8 Å². The molecule has 2 aliphatic heterocycles. The number of hydrogen-bond donors (Lipinski definition) is 1. The highest BCUT2D eigenvalue weighted by atomic mass is 32.1. The summed E-state index contributed by atoms with van der Waals surface area (Å²) in [6.07, 6.45) is 1.93. The van der Waals surface area contributed by atoms with Crippen molar-refractivity contribution >= 4 is 34.4 Å². The predicted molar refractivity (Wildman–Crippen MR) is 75.6 cm³/mol. The second-order valence-corrected chi connectivity index (χ2v) is 5.78. The number of nitrogens with one attached hydrogen (secondary N) is 1. The highest BCUT2D eigenvalue weighted by molar-refractivity contribution is 7.16. The van der Waals surface area contributed by atoms with Gasteiger partial charge in [0, 0.05) is 18.7 Å². The van der Waals surface area contributed by atoms with Crippen LogP contribution in [0.1, 0.15) is 17.0 Å². The fourth-order valence-corrected chi connectivity index (χ4v) is 3.28. The lowest BCUT2D eigenvalue weighted by Crippen LogP contribution is -2.36. The quantitative estimate of drug-likeness (QED) is 0.642. The lowest BCUT2D eigenvalue weighted by atomic mass is 10.2. The summed E-state index contributed by atoms with van der Waals surface area (Å²) in [4.78, 5) is 30.4. The van der Waals surface area contributed by atoms with Gasteiger partial charge < -0.3 is 9.64 Å². The van der Waals surface area contributed by atoms with Gasteiger partial charge in [-0.25, -0.2) is 4.98 Å². The standard InChI is InChI=1S/C13H15N3O3S/c1-8-10(6-9-7-11(17)15-12(9)18)20-13(14-8)16-2-4-19-5-3-16/h6H,2-5,7H2,1H3,(H,15,17,18). The summed E-state index contributed by atoms with van der Waals surface area (Å²) in [5.41, 5.74) is 1.39. The molecule has 2 amide bonds. The number of nitrogens with zero attached hydrogens (tertiary/aromatic N) is 2. The average molecular weight is 293 g/mol. The smallest absolute Gasteiger partial charge is 0.254 e. The fraction of sp³-hybridized carbons (Fsp3) is 0.462. The van der Waals surface area contributed by atoms with Crippen LogP contribution in [0.15, 0.2) is 5.57 Å². The molecule has 2 aliphatic rings. The molecule has 1 N–H and O–H groups in total. The van der Waals surface area contributed by atoms with E-state index in [-0.39, 0.29) is 18.2 Å². The number of morpholine rings is 1. The van der Waals surface area contributed by atoms with Gasteiger partial charge in [0.2, 0.25) is 5.91 Å². The van der Waals surface area contributed by atoms with Crippen molar-refractivity contribution in [3.63, 3.8) is 0 Å². The van der Waals surface area contributed by atoms with Gasteiger partial charge in [-0.1, -0.05) is 11.3 Å². The third-order valence-corrected chi connectivity index (χ3v) is 4.47. The van der Waals surface area contributed by atoms with Crippen molar-refractivity contribution in [1.29, 1.82) is 0 Å². The van der Waals surface area contributed by atoms with Crippen molar-refractivity contribution in [1.82, 2.24) is 10.3 Å². The molecule has 0 unspecified atom stereocenters. The van der Waals surface area contributed by atoms with Gasteiger partial charge in [0.1, 0.15) is 0 Å². The zero-order valence-electron chi connectivity index (χ0n) is 11.1. The van der Waals surface area contributed by atoms with E-state index in [0.29, 0.717) is 18.8 Å². The Morgan fingerprint density at radius 2 is 2.10 bits per heavy atom. The summed E-state index contributed by atoms with van der Waals surface area (Å²) in [6.45, 7) is 5.02. The normalized spacial score (nSPS) is 21.6.